The number of hydrogen-bond donors (Lipinski definition) is 1. The summed E-state index contributed by atoms with van der Waals surface area (Å²) in [5.74, 6) is 0.452. The first kappa shape index (κ1) is 19.6. The lowest BCUT2D eigenvalue weighted by Gasteiger charge is -2.19. The van der Waals surface area contributed by atoms with E-state index in [0.29, 0.717) is 28.0 Å². The maximum Gasteiger partial charge on any atom is 0.279 e. The van der Waals surface area contributed by atoms with Crippen molar-refractivity contribution >= 4 is 22.3 Å². The molecule has 6 nitrogen and oxygen atoms in total. The van der Waals surface area contributed by atoms with E-state index in [1.165, 1.54) is 14.8 Å². The minimum absolute atomic E-state index is 0.0143. The molecule has 0 fully saturated rings. The van der Waals surface area contributed by atoms with E-state index in [0.717, 1.165) is 0 Å². The van der Waals surface area contributed by atoms with Crippen molar-refractivity contribution in [1.29, 1.82) is 0 Å². The van der Waals surface area contributed by atoms with E-state index in [1.807, 2.05) is 42.5 Å². The Morgan fingerprint density at radius 2 is 1.50 bits per heavy atom. The molecule has 2 aromatic heterocycles. The van der Waals surface area contributed by atoms with E-state index >= 15 is 0 Å². The lowest BCUT2D eigenvalue weighted by atomic mass is 9.87. The van der Waals surface area contributed by atoms with Crippen LogP contribution in [0.2, 0.25) is 0 Å². The number of aromatic nitrogens is 3. The van der Waals surface area contributed by atoms with Gasteiger partial charge in [0, 0.05) is 18.6 Å². The molecule has 0 atom stereocenters. The molecule has 0 unspecified atom stereocenters. The largest absolute Gasteiger partial charge is 0.334 e. The Kier molecular flexibility index (Phi) is 4.78. The maximum atomic E-state index is 13.1. The van der Waals surface area contributed by atoms with Crippen molar-refractivity contribution in [3.63, 3.8) is 0 Å². The Balaban J connectivity index is 1.90. The Labute approximate surface area is 174 Å². The highest BCUT2D eigenvalue weighted by molar-refractivity contribution is 5.92. The first-order valence-corrected chi connectivity index (χ1v) is 9.81. The Morgan fingerprint density at radius 3 is 2.17 bits per heavy atom. The van der Waals surface area contributed by atoms with Crippen LogP contribution in [0.3, 0.4) is 0 Å². The summed E-state index contributed by atoms with van der Waals surface area (Å²) in [7, 11) is 1.69. The van der Waals surface area contributed by atoms with Gasteiger partial charge in [0.05, 0.1) is 11.1 Å². The van der Waals surface area contributed by atoms with Crippen molar-refractivity contribution in [1.82, 2.24) is 14.3 Å². The zero-order chi connectivity index (χ0) is 21.5. The molecule has 152 valence electrons. The summed E-state index contributed by atoms with van der Waals surface area (Å²) in [6, 6.07) is 18.6. The molecular formula is C24H24N4O2. The SMILES string of the molecule is Cn1cccc(Nc2nn(-c3ccc(C(C)(C)C)cc3)c(=O)c3ccccc23)c1=O. The average molecular weight is 400 g/mol. The maximum absolute atomic E-state index is 13.1. The number of hydrogen-bond acceptors (Lipinski definition) is 4. The molecule has 0 saturated carbocycles. The molecule has 6 heteroatoms. The molecule has 4 aromatic rings. The van der Waals surface area contributed by atoms with Crippen LogP contribution < -0.4 is 16.4 Å². The monoisotopic (exact) mass is 400 g/mol. The van der Waals surface area contributed by atoms with Crippen LogP contribution >= 0.6 is 0 Å². The topological polar surface area (TPSA) is 68.9 Å². The number of nitrogens with zero attached hydrogens (tertiary/aromatic N) is 3. The van der Waals surface area contributed by atoms with Gasteiger partial charge in [-0.2, -0.15) is 4.68 Å². The van der Waals surface area contributed by atoms with Crippen molar-refractivity contribution in [2.75, 3.05) is 5.32 Å². The van der Waals surface area contributed by atoms with Crippen LogP contribution in [0.25, 0.3) is 16.5 Å². The molecular weight excluding hydrogens is 376 g/mol. The van der Waals surface area contributed by atoms with Gasteiger partial charge in [-0.1, -0.05) is 51.1 Å². The first-order chi connectivity index (χ1) is 14.3. The fourth-order valence-corrected chi connectivity index (χ4v) is 3.38. The highest BCUT2D eigenvalue weighted by Gasteiger charge is 2.16. The molecule has 0 bridgehead atoms. The molecule has 0 aliphatic carbocycles. The third-order valence-electron chi connectivity index (χ3n) is 5.16. The van der Waals surface area contributed by atoms with E-state index < -0.39 is 0 Å². The van der Waals surface area contributed by atoms with Crippen LogP contribution in [0.5, 0.6) is 0 Å². The van der Waals surface area contributed by atoms with Gasteiger partial charge in [0.15, 0.2) is 5.82 Å². The highest BCUT2D eigenvalue weighted by Crippen LogP contribution is 2.24. The minimum atomic E-state index is -0.208. The van der Waals surface area contributed by atoms with Crippen LogP contribution in [0.4, 0.5) is 11.5 Å². The molecule has 2 aromatic carbocycles. The zero-order valence-electron chi connectivity index (χ0n) is 17.5. The summed E-state index contributed by atoms with van der Waals surface area (Å²) < 4.78 is 2.87. The third kappa shape index (κ3) is 3.52. The predicted molar refractivity (Wildman–Crippen MR) is 121 cm³/mol. The minimum Gasteiger partial charge on any atom is -0.334 e. The summed E-state index contributed by atoms with van der Waals surface area (Å²) in [4.78, 5) is 25.6. The number of pyridine rings is 1. The quantitative estimate of drug-likeness (QED) is 0.562. The van der Waals surface area contributed by atoms with Gasteiger partial charge in [0.1, 0.15) is 5.69 Å². The molecule has 1 N–H and O–H groups in total. The molecule has 0 aliphatic rings. The summed E-state index contributed by atoms with van der Waals surface area (Å²) in [6.45, 7) is 6.43. The zero-order valence-corrected chi connectivity index (χ0v) is 17.5. The average Bonchev–Trinajstić information content (AvgIpc) is 2.73. The third-order valence-corrected chi connectivity index (χ3v) is 5.16. The van der Waals surface area contributed by atoms with Gasteiger partial charge < -0.3 is 9.88 Å². The van der Waals surface area contributed by atoms with E-state index in [-0.39, 0.29) is 16.5 Å². The Hall–Kier alpha value is -3.67. The van der Waals surface area contributed by atoms with Gasteiger partial charge in [0.2, 0.25) is 0 Å². The van der Waals surface area contributed by atoms with Crippen LogP contribution in [-0.2, 0) is 12.5 Å². The van der Waals surface area contributed by atoms with E-state index in [2.05, 4.69) is 31.2 Å². The summed E-state index contributed by atoms with van der Waals surface area (Å²) in [6.07, 6.45) is 1.69. The van der Waals surface area contributed by atoms with E-state index in [1.54, 1.807) is 31.4 Å². The number of nitrogens with one attached hydrogen (secondary N) is 1. The Bertz CT molecular complexity index is 1340. The second-order valence-electron chi connectivity index (χ2n) is 8.37. The number of anilines is 2. The molecule has 4 rings (SSSR count). The second-order valence-corrected chi connectivity index (χ2v) is 8.37. The van der Waals surface area contributed by atoms with Gasteiger partial charge in [-0.05, 0) is 41.3 Å². The van der Waals surface area contributed by atoms with Crippen molar-refractivity contribution < 1.29 is 0 Å². The molecule has 0 saturated heterocycles. The van der Waals surface area contributed by atoms with Crippen molar-refractivity contribution in [2.24, 2.45) is 7.05 Å². The van der Waals surface area contributed by atoms with Crippen LogP contribution in [0, 0.1) is 0 Å². The number of benzene rings is 2. The molecule has 0 spiro atoms. The molecule has 0 amide bonds. The van der Waals surface area contributed by atoms with Crippen LogP contribution in [0.1, 0.15) is 26.3 Å². The van der Waals surface area contributed by atoms with Gasteiger partial charge in [0.25, 0.3) is 11.1 Å². The van der Waals surface area contributed by atoms with Gasteiger partial charge >= 0.3 is 0 Å². The lowest BCUT2D eigenvalue weighted by Crippen LogP contribution is -2.24. The number of rotatable bonds is 3. The fourth-order valence-electron chi connectivity index (χ4n) is 3.38. The van der Waals surface area contributed by atoms with Gasteiger partial charge in [-0.15, -0.1) is 5.10 Å². The predicted octanol–water partition coefficient (Wildman–Crippen LogP) is 4.13. The van der Waals surface area contributed by atoms with Crippen molar-refractivity contribution in [3.05, 3.63) is 93.1 Å². The molecule has 0 radical (unpaired) electrons. The first-order valence-electron chi connectivity index (χ1n) is 9.81. The van der Waals surface area contributed by atoms with E-state index in [4.69, 9.17) is 0 Å². The summed E-state index contributed by atoms with van der Waals surface area (Å²) in [5.41, 5.74) is 1.87. The molecule has 2 heterocycles. The lowest BCUT2D eigenvalue weighted by molar-refractivity contribution is 0.590. The number of aryl methyl sites for hydroxylation is 1. The van der Waals surface area contributed by atoms with Crippen molar-refractivity contribution in [3.8, 4) is 5.69 Å². The summed E-state index contributed by atoms with van der Waals surface area (Å²) >= 11 is 0. The van der Waals surface area contributed by atoms with Gasteiger partial charge in [-0.25, -0.2) is 0 Å². The van der Waals surface area contributed by atoms with Crippen LogP contribution in [0.15, 0.2) is 76.4 Å². The normalized spacial score (nSPS) is 11.6. The van der Waals surface area contributed by atoms with Gasteiger partial charge in [-0.3, -0.25) is 9.59 Å². The van der Waals surface area contributed by atoms with E-state index in [9.17, 15) is 9.59 Å². The standard InChI is InChI=1S/C24H24N4O2/c1-24(2,3)16-11-13-17(14-12-16)28-22(29)19-9-6-5-8-18(19)21(26-28)25-20-10-7-15-27(4)23(20)30/h5-15H,1-4H3,(H,25,26). The highest BCUT2D eigenvalue weighted by atomic mass is 16.1. The second kappa shape index (κ2) is 7.30. The molecule has 30 heavy (non-hydrogen) atoms. The number of fused-ring (bicyclic) bond motifs is 1. The Morgan fingerprint density at radius 1 is 0.833 bits per heavy atom. The smallest absolute Gasteiger partial charge is 0.279 e. The fraction of sp³-hybridized carbons (Fsp3) is 0.208. The van der Waals surface area contributed by atoms with Crippen molar-refractivity contribution in [2.45, 2.75) is 26.2 Å². The van der Waals surface area contributed by atoms with Crippen LogP contribution in [-0.4, -0.2) is 14.3 Å². The summed E-state index contributed by atoms with van der Waals surface area (Å²) in [5, 5.41) is 8.89. The molecule has 0 aliphatic heterocycles.